The van der Waals surface area contributed by atoms with E-state index in [2.05, 4.69) is 0 Å². The molecule has 2 aromatic rings. The average Bonchev–Trinajstić information content (AvgIpc) is 3.36. The molecule has 1 aliphatic heterocycles. The number of hydrogen-bond acceptors (Lipinski definition) is 4. The molecular formula is C21H21NO5S. The first-order valence-electron chi connectivity index (χ1n) is 9.37. The number of benzene rings is 2. The summed E-state index contributed by atoms with van der Waals surface area (Å²) < 4.78 is 25.4. The van der Waals surface area contributed by atoms with Gasteiger partial charge in [-0.25, -0.2) is 8.42 Å². The van der Waals surface area contributed by atoms with Crippen molar-refractivity contribution in [2.75, 3.05) is 11.4 Å². The lowest BCUT2D eigenvalue weighted by molar-refractivity contribution is -0.138. The molecule has 0 spiro atoms. The van der Waals surface area contributed by atoms with E-state index in [4.69, 9.17) is 0 Å². The van der Waals surface area contributed by atoms with Gasteiger partial charge in [0.05, 0.1) is 10.1 Å². The van der Waals surface area contributed by atoms with E-state index in [1.165, 1.54) is 29.2 Å². The molecule has 28 heavy (non-hydrogen) atoms. The molecule has 2 aliphatic rings. The summed E-state index contributed by atoms with van der Waals surface area (Å²) in [6.45, 7) is 0.0651. The van der Waals surface area contributed by atoms with E-state index in [9.17, 15) is 23.1 Å². The molecule has 1 aliphatic carbocycles. The number of carboxylic acids is 1. The fourth-order valence-electron chi connectivity index (χ4n) is 4.14. The molecule has 0 aromatic heterocycles. The minimum Gasteiger partial charge on any atom is -0.481 e. The maximum Gasteiger partial charge on any atom is 0.312 e. The van der Waals surface area contributed by atoms with Gasteiger partial charge in [-0.2, -0.15) is 0 Å². The average molecular weight is 399 g/mol. The molecule has 2 aromatic carbocycles. The number of sulfone groups is 1. The molecule has 1 N–H and O–H groups in total. The van der Waals surface area contributed by atoms with Crippen LogP contribution in [0.2, 0.25) is 0 Å². The number of aliphatic carboxylic acids is 1. The predicted molar refractivity (Wildman–Crippen MR) is 104 cm³/mol. The van der Waals surface area contributed by atoms with Crippen molar-refractivity contribution in [2.45, 2.75) is 41.7 Å². The topological polar surface area (TPSA) is 91.8 Å². The first-order valence-corrected chi connectivity index (χ1v) is 10.9. The van der Waals surface area contributed by atoms with Gasteiger partial charge in [0.25, 0.3) is 5.91 Å². The SMILES string of the molecule is O=C(O)C1CN(C(=O)c2ccc(S(=O)(=O)C3CCCC3)cc2)c2ccccc21. The third kappa shape index (κ3) is 3.09. The second-order valence-electron chi connectivity index (χ2n) is 7.34. The molecule has 146 valence electrons. The summed E-state index contributed by atoms with van der Waals surface area (Å²) in [6, 6.07) is 13.0. The third-order valence-corrected chi connectivity index (χ3v) is 7.96. The molecule has 6 nitrogen and oxygen atoms in total. The minimum atomic E-state index is -3.37. The van der Waals surface area contributed by atoms with Gasteiger partial charge in [0, 0.05) is 17.8 Å². The van der Waals surface area contributed by atoms with Crippen LogP contribution < -0.4 is 4.90 Å². The van der Waals surface area contributed by atoms with Crippen LogP contribution in [0.5, 0.6) is 0 Å². The largest absolute Gasteiger partial charge is 0.481 e. The summed E-state index contributed by atoms with van der Waals surface area (Å²) >= 11 is 0. The van der Waals surface area contributed by atoms with Crippen LogP contribution >= 0.6 is 0 Å². The first kappa shape index (κ1) is 18.7. The molecule has 0 radical (unpaired) electrons. The Hall–Kier alpha value is -2.67. The van der Waals surface area contributed by atoms with Crippen LogP contribution in [0.15, 0.2) is 53.4 Å². The Morgan fingerprint density at radius 2 is 1.61 bits per heavy atom. The lowest BCUT2D eigenvalue weighted by Crippen LogP contribution is -2.31. The first-order chi connectivity index (χ1) is 13.4. The minimum absolute atomic E-state index is 0.0651. The Morgan fingerprint density at radius 1 is 0.964 bits per heavy atom. The molecule has 0 saturated heterocycles. The zero-order chi connectivity index (χ0) is 19.9. The molecular weight excluding hydrogens is 378 g/mol. The summed E-state index contributed by atoms with van der Waals surface area (Å²) in [7, 11) is -3.37. The van der Waals surface area contributed by atoms with Crippen molar-refractivity contribution in [3.63, 3.8) is 0 Å². The van der Waals surface area contributed by atoms with Crippen LogP contribution in [0.25, 0.3) is 0 Å². The molecule has 0 bridgehead atoms. The summed E-state index contributed by atoms with van der Waals surface area (Å²) in [5, 5.41) is 9.12. The number of carbonyl (C=O) groups is 2. The van der Waals surface area contributed by atoms with E-state index < -0.39 is 21.7 Å². The third-order valence-electron chi connectivity index (χ3n) is 5.68. The standard InChI is InChI=1S/C21H21NO5S/c23-20(22-13-18(21(24)25)17-7-3-4-8-19(17)22)14-9-11-16(12-10-14)28(26,27)15-5-1-2-6-15/h3-4,7-12,15,18H,1-2,5-6,13H2,(H,24,25). The molecule has 1 heterocycles. The maximum absolute atomic E-state index is 13.0. The summed E-state index contributed by atoms with van der Waals surface area (Å²) in [5.41, 5.74) is 1.54. The second kappa shape index (κ2) is 7.05. The van der Waals surface area contributed by atoms with Crippen molar-refractivity contribution >= 4 is 27.4 Å². The normalized spacial score (nSPS) is 19.6. The van der Waals surface area contributed by atoms with Crippen LogP contribution in [-0.2, 0) is 14.6 Å². The Kier molecular flexibility index (Phi) is 4.71. The van der Waals surface area contributed by atoms with Gasteiger partial charge in [-0.3, -0.25) is 9.59 Å². The van der Waals surface area contributed by atoms with Crippen molar-refractivity contribution in [1.82, 2.24) is 0 Å². The van der Waals surface area contributed by atoms with Gasteiger partial charge in [-0.1, -0.05) is 31.0 Å². The monoisotopic (exact) mass is 399 g/mol. The van der Waals surface area contributed by atoms with Crippen LogP contribution in [0.4, 0.5) is 5.69 Å². The highest BCUT2D eigenvalue weighted by Gasteiger charge is 2.37. The van der Waals surface area contributed by atoms with Crippen LogP contribution in [-0.4, -0.2) is 37.2 Å². The lowest BCUT2D eigenvalue weighted by atomic mass is 10.0. The molecule has 1 fully saturated rings. The Labute approximate surface area is 163 Å². The number of nitrogens with zero attached hydrogens (tertiary/aromatic N) is 1. The fraction of sp³-hybridized carbons (Fsp3) is 0.333. The second-order valence-corrected chi connectivity index (χ2v) is 9.57. The van der Waals surface area contributed by atoms with Gasteiger partial charge in [0.1, 0.15) is 5.92 Å². The van der Waals surface area contributed by atoms with E-state index in [1.807, 2.05) is 0 Å². The van der Waals surface area contributed by atoms with Crippen molar-refractivity contribution in [2.24, 2.45) is 0 Å². The number of anilines is 1. The molecule has 1 amide bonds. The quantitative estimate of drug-likeness (QED) is 0.852. The maximum atomic E-state index is 13.0. The van der Waals surface area contributed by atoms with Gasteiger partial charge < -0.3 is 10.0 Å². The van der Waals surface area contributed by atoms with E-state index in [0.29, 0.717) is 29.7 Å². The van der Waals surface area contributed by atoms with E-state index in [0.717, 1.165) is 12.8 Å². The molecule has 1 saturated carbocycles. The van der Waals surface area contributed by atoms with Gasteiger partial charge in [0.2, 0.25) is 0 Å². The van der Waals surface area contributed by atoms with Gasteiger partial charge >= 0.3 is 5.97 Å². The number of rotatable bonds is 4. The molecule has 4 rings (SSSR count). The zero-order valence-electron chi connectivity index (χ0n) is 15.2. The Balaban J connectivity index is 1.60. The fourth-order valence-corrected chi connectivity index (χ4v) is 6.00. The highest BCUT2D eigenvalue weighted by molar-refractivity contribution is 7.92. The number of para-hydroxylation sites is 1. The smallest absolute Gasteiger partial charge is 0.312 e. The number of carboxylic acid groups (broad SMARTS) is 1. The van der Waals surface area contributed by atoms with E-state index in [1.54, 1.807) is 24.3 Å². The Bertz CT molecular complexity index is 1020. The highest BCUT2D eigenvalue weighted by Crippen LogP contribution is 2.37. The zero-order valence-corrected chi connectivity index (χ0v) is 16.1. The predicted octanol–water partition coefficient (Wildman–Crippen LogP) is 3.23. The summed E-state index contributed by atoms with van der Waals surface area (Å²) in [4.78, 5) is 26.2. The Morgan fingerprint density at radius 3 is 2.25 bits per heavy atom. The van der Waals surface area contributed by atoms with E-state index >= 15 is 0 Å². The molecule has 7 heteroatoms. The molecule has 1 atom stereocenters. The van der Waals surface area contributed by atoms with E-state index in [-0.39, 0.29) is 22.6 Å². The van der Waals surface area contributed by atoms with Crippen molar-refractivity contribution in [1.29, 1.82) is 0 Å². The van der Waals surface area contributed by atoms with Gasteiger partial charge in [0.15, 0.2) is 9.84 Å². The van der Waals surface area contributed by atoms with Crippen LogP contribution in [0, 0.1) is 0 Å². The summed E-state index contributed by atoms with van der Waals surface area (Å²) in [5.74, 6) is -2.07. The van der Waals surface area contributed by atoms with Crippen LogP contribution in [0.3, 0.4) is 0 Å². The van der Waals surface area contributed by atoms with Gasteiger partial charge in [-0.05, 0) is 48.7 Å². The molecule has 1 unspecified atom stereocenters. The summed E-state index contributed by atoms with van der Waals surface area (Å²) in [6.07, 6.45) is 3.23. The highest BCUT2D eigenvalue weighted by atomic mass is 32.2. The van der Waals surface area contributed by atoms with Gasteiger partial charge in [-0.15, -0.1) is 0 Å². The number of fused-ring (bicyclic) bond motifs is 1. The van der Waals surface area contributed by atoms with Crippen molar-refractivity contribution in [3.05, 3.63) is 59.7 Å². The number of carbonyl (C=O) groups excluding carboxylic acids is 1. The number of hydrogen-bond donors (Lipinski definition) is 1. The van der Waals surface area contributed by atoms with Crippen LogP contribution in [0.1, 0.15) is 47.5 Å². The number of amides is 1. The van der Waals surface area contributed by atoms with Crippen molar-refractivity contribution in [3.8, 4) is 0 Å². The van der Waals surface area contributed by atoms with Crippen molar-refractivity contribution < 1.29 is 23.1 Å². The lowest BCUT2D eigenvalue weighted by Gasteiger charge is -2.18.